The maximum atomic E-state index is 12.5. The van der Waals surface area contributed by atoms with Gasteiger partial charge in [-0.2, -0.15) is 11.3 Å². The first-order valence-corrected chi connectivity index (χ1v) is 9.45. The zero-order valence-corrected chi connectivity index (χ0v) is 14.5. The molecule has 0 aliphatic heterocycles. The Morgan fingerprint density at radius 2 is 2.00 bits per heavy atom. The van der Waals surface area contributed by atoms with Gasteiger partial charge in [0.25, 0.3) is 5.91 Å². The number of hydrogen-bond acceptors (Lipinski definition) is 6. The first kappa shape index (κ1) is 14.5. The lowest BCUT2D eigenvalue weighted by molar-refractivity contribution is 0.103. The maximum Gasteiger partial charge on any atom is 0.269 e. The summed E-state index contributed by atoms with van der Waals surface area (Å²) in [6, 6.07) is 9.85. The summed E-state index contributed by atoms with van der Waals surface area (Å²) >= 11 is 4.51. The van der Waals surface area contributed by atoms with Crippen LogP contribution in [0.2, 0.25) is 0 Å². The van der Waals surface area contributed by atoms with E-state index in [0.717, 1.165) is 26.5 Å². The summed E-state index contributed by atoms with van der Waals surface area (Å²) < 4.78 is 1.06. The van der Waals surface area contributed by atoms with Crippen molar-refractivity contribution in [2.24, 2.45) is 0 Å². The summed E-state index contributed by atoms with van der Waals surface area (Å²) in [6.07, 6.45) is 0. The SMILES string of the molecule is Cc1nc(-c2ccsc2)sc1C(=O)Nc1nc2ccccc2s1. The van der Waals surface area contributed by atoms with Gasteiger partial charge in [-0.1, -0.05) is 23.5 Å². The third-order valence-corrected chi connectivity index (χ3v) is 6.13. The number of aryl methyl sites for hydroxylation is 1. The molecule has 0 atom stereocenters. The van der Waals surface area contributed by atoms with E-state index in [4.69, 9.17) is 0 Å². The van der Waals surface area contributed by atoms with Crippen LogP contribution in [0, 0.1) is 6.92 Å². The summed E-state index contributed by atoms with van der Waals surface area (Å²) in [7, 11) is 0. The van der Waals surface area contributed by atoms with Crippen molar-refractivity contribution in [2.75, 3.05) is 5.32 Å². The van der Waals surface area contributed by atoms with Crippen molar-refractivity contribution in [3.8, 4) is 10.6 Å². The molecule has 7 heteroatoms. The molecule has 1 N–H and O–H groups in total. The second kappa shape index (κ2) is 5.84. The van der Waals surface area contributed by atoms with Crippen LogP contribution in [0.1, 0.15) is 15.4 Å². The predicted octanol–water partition coefficient (Wildman–Crippen LogP) is 5.04. The molecule has 4 aromatic rings. The molecule has 0 saturated heterocycles. The first-order valence-electron chi connectivity index (χ1n) is 6.87. The number of aromatic nitrogens is 2. The summed E-state index contributed by atoms with van der Waals surface area (Å²) in [5.74, 6) is -0.152. The van der Waals surface area contributed by atoms with Gasteiger partial charge in [-0.3, -0.25) is 10.1 Å². The number of hydrogen-bond donors (Lipinski definition) is 1. The van der Waals surface area contributed by atoms with E-state index in [0.29, 0.717) is 10.0 Å². The lowest BCUT2D eigenvalue weighted by atomic mass is 10.3. The number of thiophene rings is 1. The molecule has 3 aromatic heterocycles. The molecule has 0 fully saturated rings. The quantitative estimate of drug-likeness (QED) is 0.559. The number of rotatable bonds is 3. The summed E-state index contributed by atoms with van der Waals surface area (Å²) in [4.78, 5) is 22.1. The Balaban J connectivity index is 1.61. The Morgan fingerprint density at radius 3 is 2.78 bits per heavy atom. The molecule has 4 rings (SSSR count). The minimum Gasteiger partial charge on any atom is -0.297 e. The number of benzene rings is 1. The molecule has 1 aromatic carbocycles. The minimum absolute atomic E-state index is 0.152. The van der Waals surface area contributed by atoms with Gasteiger partial charge in [0.1, 0.15) is 9.88 Å². The fourth-order valence-corrected chi connectivity index (χ4v) is 4.73. The third kappa shape index (κ3) is 2.78. The number of thiazole rings is 2. The molecule has 1 amide bonds. The highest BCUT2D eigenvalue weighted by Crippen LogP contribution is 2.31. The zero-order chi connectivity index (χ0) is 15.8. The predicted molar refractivity (Wildman–Crippen MR) is 97.7 cm³/mol. The largest absolute Gasteiger partial charge is 0.297 e. The average Bonchev–Trinajstić information content (AvgIpc) is 3.25. The lowest BCUT2D eigenvalue weighted by Gasteiger charge is -1.98. The van der Waals surface area contributed by atoms with E-state index in [1.54, 1.807) is 11.3 Å². The van der Waals surface area contributed by atoms with E-state index in [-0.39, 0.29) is 5.91 Å². The highest BCUT2D eigenvalue weighted by atomic mass is 32.1. The Labute approximate surface area is 144 Å². The van der Waals surface area contributed by atoms with Crippen LogP contribution in [0.15, 0.2) is 41.1 Å². The first-order chi connectivity index (χ1) is 11.2. The Bertz CT molecular complexity index is 952. The number of anilines is 1. The van der Waals surface area contributed by atoms with E-state index in [1.807, 2.05) is 48.0 Å². The van der Waals surface area contributed by atoms with Gasteiger partial charge in [0.05, 0.1) is 15.9 Å². The number of carbonyl (C=O) groups excluding carboxylic acids is 1. The van der Waals surface area contributed by atoms with Crippen LogP contribution in [0.25, 0.3) is 20.8 Å². The lowest BCUT2D eigenvalue weighted by Crippen LogP contribution is -2.11. The van der Waals surface area contributed by atoms with Gasteiger partial charge in [0.15, 0.2) is 5.13 Å². The molecule has 0 aliphatic carbocycles. The Hall–Kier alpha value is -2.09. The fourth-order valence-electron chi connectivity index (χ4n) is 2.20. The van der Waals surface area contributed by atoms with Crippen LogP contribution in [-0.2, 0) is 0 Å². The van der Waals surface area contributed by atoms with E-state index >= 15 is 0 Å². The molecule has 0 radical (unpaired) electrons. The zero-order valence-electron chi connectivity index (χ0n) is 12.1. The van der Waals surface area contributed by atoms with Crippen molar-refractivity contribution in [1.82, 2.24) is 9.97 Å². The van der Waals surface area contributed by atoms with Crippen molar-refractivity contribution in [3.63, 3.8) is 0 Å². The highest BCUT2D eigenvalue weighted by molar-refractivity contribution is 7.22. The number of amides is 1. The highest BCUT2D eigenvalue weighted by Gasteiger charge is 2.17. The standard InChI is InChI=1S/C16H11N3OS3/c1-9-13(23-15(17-9)10-6-7-21-8-10)14(20)19-16-18-11-4-2-3-5-12(11)22-16/h2-8H,1H3,(H,18,19,20). The molecular weight excluding hydrogens is 346 g/mol. The van der Waals surface area contributed by atoms with Crippen LogP contribution >= 0.6 is 34.0 Å². The minimum atomic E-state index is -0.152. The number of nitrogens with one attached hydrogen (secondary N) is 1. The van der Waals surface area contributed by atoms with Gasteiger partial charge in [-0.25, -0.2) is 9.97 Å². The van der Waals surface area contributed by atoms with Gasteiger partial charge in [-0.15, -0.1) is 11.3 Å². The molecular formula is C16H11N3OS3. The van der Waals surface area contributed by atoms with Crippen LogP contribution in [-0.4, -0.2) is 15.9 Å². The van der Waals surface area contributed by atoms with Crippen LogP contribution < -0.4 is 5.32 Å². The molecule has 114 valence electrons. The number of para-hydroxylation sites is 1. The normalized spacial score (nSPS) is 11.0. The Morgan fingerprint density at radius 1 is 1.13 bits per heavy atom. The van der Waals surface area contributed by atoms with Gasteiger partial charge < -0.3 is 0 Å². The number of fused-ring (bicyclic) bond motifs is 1. The molecule has 0 spiro atoms. The average molecular weight is 357 g/mol. The van der Waals surface area contributed by atoms with Crippen molar-refractivity contribution < 1.29 is 4.79 Å². The fraction of sp³-hybridized carbons (Fsp3) is 0.0625. The summed E-state index contributed by atoms with van der Waals surface area (Å²) in [5.41, 5.74) is 2.70. The second-order valence-corrected chi connectivity index (χ2v) is 7.70. The summed E-state index contributed by atoms with van der Waals surface area (Å²) in [6.45, 7) is 1.86. The number of carbonyl (C=O) groups is 1. The molecule has 3 heterocycles. The van der Waals surface area contributed by atoms with Gasteiger partial charge >= 0.3 is 0 Å². The number of nitrogens with zero attached hydrogens (tertiary/aromatic N) is 2. The third-order valence-electron chi connectivity index (χ3n) is 3.29. The van der Waals surface area contributed by atoms with Crippen molar-refractivity contribution in [3.05, 3.63) is 51.7 Å². The summed E-state index contributed by atoms with van der Waals surface area (Å²) in [5, 5.41) is 8.42. The van der Waals surface area contributed by atoms with Gasteiger partial charge in [0.2, 0.25) is 0 Å². The molecule has 4 nitrogen and oxygen atoms in total. The molecule has 0 saturated carbocycles. The molecule has 0 bridgehead atoms. The topological polar surface area (TPSA) is 54.9 Å². The monoisotopic (exact) mass is 357 g/mol. The van der Waals surface area contributed by atoms with Gasteiger partial charge in [0, 0.05) is 10.9 Å². The van der Waals surface area contributed by atoms with E-state index < -0.39 is 0 Å². The second-order valence-electron chi connectivity index (χ2n) is 4.89. The van der Waals surface area contributed by atoms with Crippen LogP contribution in [0.3, 0.4) is 0 Å². The van der Waals surface area contributed by atoms with E-state index in [9.17, 15) is 4.79 Å². The van der Waals surface area contributed by atoms with Crippen molar-refractivity contribution in [2.45, 2.75) is 6.92 Å². The molecule has 23 heavy (non-hydrogen) atoms. The molecule has 0 unspecified atom stereocenters. The molecule has 0 aliphatic rings. The van der Waals surface area contributed by atoms with E-state index in [1.165, 1.54) is 22.7 Å². The van der Waals surface area contributed by atoms with Crippen molar-refractivity contribution in [1.29, 1.82) is 0 Å². The Kier molecular flexibility index (Phi) is 3.68. The van der Waals surface area contributed by atoms with Crippen LogP contribution in [0.4, 0.5) is 5.13 Å². The maximum absolute atomic E-state index is 12.5. The van der Waals surface area contributed by atoms with Gasteiger partial charge in [-0.05, 0) is 30.5 Å². The van der Waals surface area contributed by atoms with Crippen molar-refractivity contribution >= 4 is 55.3 Å². The smallest absolute Gasteiger partial charge is 0.269 e. The van der Waals surface area contributed by atoms with Crippen LogP contribution in [0.5, 0.6) is 0 Å². The van der Waals surface area contributed by atoms with E-state index in [2.05, 4.69) is 15.3 Å².